The van der Waals surface area contributed by atoms with Gasteiger partial charge in [0, 0.05) is 11.1 Å². The summed E-state index contributed by atoms with van der Waals surface area (Å²) < 4.78 is 35.3. The van der Waals surface area contributed by atoms with Crippen LogP contribution in [0.3, 0.4) is 0 Å². The van der Waals surface area contributed by atoms with Crippen molar-refractivity contribution in [2.45, 2.75) is 13.8 Å². The van der Waals surface area contributed by atoms with Crippen LogP contribution in [0.5, 0.6) is 0 Å². The minimum Gasteiger partial charge on any atom is -0.460 e. The third kappa shape index (κ3) is 9.01. The van der Waals surface area contributed by atoms with Gasteiger partial charge in [0.2, 0.25) is 0 Å². The summed E-state index contributed by atoms with van der Waals surface area (Å²) in [6.45, 7) is 8.97. The van der Waals surface area contributed by atoms with Gasteiger partial charge < -0.3 is 9.47 Å². The van der Waals surface area contributed by atoms with Crippen LogP contribution in [0.25, 0.3) is 0 Å². The van der Waals surface area contributed by atoms with E-state index in [1.807, 2.05) is 0 Å². The van der Waals surface area contributed by atoms with Crippen molar-refractivity contribution in [1.82, 2.24) is 0 Å². The van der Waals surface area contributed by atoms with Crippen molar-refractivity contribution in [3.8, 4) is 0 Å². The Balaban J connectivity index is 4.01. The average molecular weight is 354 g/mol. The molecule has 0 radical (unpaired) electrons. The molecule has 0 saturated carbocycles. The highest BCUT2D eigenvalue weighted by Crippen LogP contribution is 2.50. The molecule has 0 N–H and O–H groups in total. The number of esters is 2. The van der Waals surface area contributed by atoms with E-state index in [0.717, 1.165) is 0 Å². The van der Waals surface area contributed by atoms with Crippen LogP contribution in [-0.2, 0) is 36.6 Å². The number of carbonyl (C=O) groups excluding carboxylic acids is 2. The van der Waals surface area contributed by atoms with Crippen LogP contribution in [-0.4, -0.2) is 38.4 Å². The molecule has 0 amide bonds. The lowest BCUT2D eigenvalue weighted by Crippen LogP contribution is -2.13. The van der Waals surface area contributed by atoms with Gasteiger partial charge in [-0.1, -0.05) is 13.2 Å². The maximum absolute atomic E-state index is 11.9. The summed E-state index contributed by atoms with van der Waals surface area (Å²) in [5.74, 6) is -1.20. The topological polar surface area (TPSA) is 97.4 Å². The number of hydrogen-bond donors (Lipinski definition) is 1. The van der Waals surface area contributed by atoms with Crippen LogP contribution in [0.15, 0.2) is 24.3 Å². The highest BCUT2D eigenvalue weighted by atomic mass is 32.1. The normalized spacial score (nSPS) is 10.9. The third-order valence-electron chi connectivity index (χ3n) is 1.93. The predicted octanol–water partition coefficient (Wildman–Crippen LogP) is 2.23. The Morgan fingerprint density at radius 3 is 1.55 bits per heavy atom. The Bertz CT molecular complexity index is 438. The van der Waals surface area contributed by atoms with Crippen LogP contribution in [0.1, 0.15) is 13.8 Å². The molecule has 8 nitrogen and oxygen atoms in total. The number of thiol groups is 1. The predicted molar refractivity (Wildman–Crippen MR) is 81.1 cm³/mol. The molecule has 0 bridgehead atoms. The number of ether oxygens (including phenoxy) is 2. The van der Waals surface area contributed by atoms with Gasteiger partial charge in [0.05, 0.1) is 13.2 Å². The molecule has 0 aliphatic rings. The lowest BCUT2D eigenvalue weighted by Gasteiger charge is -2.15. The fraction of sp³-hybridized carbons (Fsp3) is 0.500. The standard InChI is InChI=1S/C12H19O8PS/c1-9(2)11(13)16-5-7-18-21(15,20-22)19-8-6-17-12(14)10(3)4/h22H,1,3,5-8H2,2,4H3. The number of carbonyl (C=O) groups is 2. The average Bonchev–Trinajstić information content (AvgIpc) is 2.47. The van der Waals surface area contributed by atoms with E-state index in [1.54, 1.807) is 0 Å². The molecule has 0 aromatic carbocycles. The van der Waals surface area contributed by atoms with E-state index in [9.17, 15) is 14.2 Å². The SMILES string of the molecule is C=C(C)C(=O)OCCOP(=O)(OS)OCCOC(=O)C(=C)C. The van der Waals surface area contributed by atoms with Gasteiger partial charge in [-0.3, -0.25) is 9.05 Å². The van der Waals surface area contributed by atoms with E-state index in [4.69, 9.17) is 18.5 Å². The van der Waals surface area contributed by atoms with Crippen molar-refractivity contribution < 1.29 is 36.6 Å². The molecule has 0 aromatic heterocycles. The summed E-state index contributed by atoms with van der Waals surface area (Å²) in [4.78, 5) is 22.2. The number of rotatable bonds is 11. The summed E-state index contributed by atoms with van der Waals surface area (Å²) in [6.07, 6.45) is 0. The van der Waals surface area contributed by atoms with Gasteiger partial charge in [0.15, 0.2) is 0 Å². The van der Waals surface area contributed by atoms with E-state index in [-0.39, 0.29) is 37.6 Å². The molecule has 0 spiro atoms. The van der Waals surface area contributed by atoms with Gasteiger partial charge in [-0.2, -0.15) is 0 Å². The van der Waals surface area contributed by atoms with Crippen LogP contribution in [0.2, 0.25) is 0 Å². The molecule has 0 aliphatic heterocycles. The molecule has 0 unspecified atom stereocenters. The van der Waals surface area contributed by atoms with Crippen molar-refractivity contribution in [3.05, 3.63) is 24.3 Å². The lowest BCUT2D eigenvalue weighted by molar-refractivity contribution is -0.140. The second kappa shape index (κ2) is 10.6. The largest absolute Gasteiger partial charge is 0.486 e. The Labute approximate surface area is 134 Å². The van der Waals surface area contributed by atoms with E-state index in [1.165, 1.54) is 13.8 Å². The lowest BCUT2D eigenvalue weighted by atomic mass is 10.4. The molecule has 0 rings (SSSR count). The van der Waals surface area contributed by atoms with Gasteiger partial charge in [0.1, 0.15) is 13.2 Å². The molecular weight excluding hydrogens is 335 g/mol. The highest BCUT2D eigenvalue weighted by Gasteiger charge is 2.26. The first-order chi connectivity index (χ1) is 10.2. The van der Waals surface area contributed by atoms with E-state index in [0.29, 0.717) is 0 Å². The molecule has 0 heterocycles. The minimum absolute atomic E-state index is 0.166. The van der Waals surface area contributed by atoms with E-state index in [2.05, 4.69) is 30.0 Å². The second-order valence-corrected chi connectivity index (χ2v) is 6.09. The van der Waals surface area contributed by atoms with Crippen LogP contribution in [0.4, 0.5) is 0 Å². The zero-order chi connectivity index (χ0) is 17.2. The second-order valence-electron chi connectivity index (χ2n) is 4.03. The molecule has 0 fully saturated rings. The Morgan fingerprint density at radius 1 is 0.909 bits per heavy atom. The molecule has 126 valence electrons. The Hall–Kier alpha value is -1.12. The quantitative estimate of drug-likeness (QED) is 0.151. The van der Waals surface area contributed by atoms with Crippen molar-refractivity contribution in [2.24, 2.45) is 0 Å². The van der Waals surface area contributed by atoms with E-state index >= 15 is 0 Å². The van der Waals surface area contributed by atoms with Crippen molar-refractivity contribution in [1.29, 1.82) is 0 Å². The number of hydrogen-bond acceptors (Lipinski definition) is 9. The number of phosphoric ester groups is 1. The molecular formula is C12H19O8PS. The van der Waals surface area contributed by atoms with Gasteiger partial charge in [-0.25, -0.2) is 18.1 Å². The van der Waals surface area contributed by atoms with E-state index < -0.39 is 19.8 Å². The minimum atomic E-state index is -3.93. The summed E-state index contributed by atoms with van der Waals surface area (Å²) in [5.41, 5.74) is 0.452. The van der Waals surface area contributed by atoms with Crippen LogP contribution < -0.4 is 0 Å². The maximum Gasteiger partial charge on any atom is 0.486 e. The van der Waals surface area contributed by atoms with Crippen LogP contribution >= 0.6 is 20.7 Å². The molecule has 22 heavy (non-hydrogen) atoms. The van der Waals surface area contributed by atoms with Gasteiger partial charge in [-0.15, -0.1) is 0 Å². The smallest absolute Gasteiger partial charge is 0.460 e. The summed E-state index contributed by atoms with van der Waals surface area (Å²) in [5, 5.41) is 0. The summed E-state index contributed by atoms with van der Waals surface area (Å²) >= 11 is 3.40. The van der Waals surface area contributed by atoms with Crippen LogP contribution in [0, 0.1) is 0 Å². The molecule has 0 aliphatic carbocycles. The molecule has 0 saturated heterocycles. The first-order valence-electron chi connectivity index (χ1n) is 6.09. The van der Waals surface area contributed by atoms with Crippen molar-refractivity contribution >= 4 is 32.7 Å². The monoisotopic (exact) mass is 354 g/mol. The van der Waals surface area contributed by atoms with Gasteiger partial charge in [0.25, 0.3) is 0 Å². The van der Waals surface area contributed by atoms with Crippen molar-refractivity contribution in [2.75, 3.05) is 26.4 Å². The fourth-order valence-corrected chi connectivity index (χ4v) is 1.95. The van der Waals surface area contributed by atoms with Gasteiger partial charge >= 0.3 is 19.8 Å². The zero-order valence-corrected chi connectivity index (χ0v) is 14.2. The summed E-state index contributed by atoms with van der Waals surface area (Å²) in [7, 11) is -3.93. The first-order valence-corrected chi connectivity index (χ1v) is 7.92. The highest BCUT2D eigenvalue weighted by molar-refractivity contribution is 7.80. The zero-order valence-electron chi connectivity index (χ0n) is 12.4. The van der Waals surface area contributed by atoms with Crippen molar-refractivity contribution in [3.63, 3.8) is 0 Å². The third-order valence-corrected chi connectivity index (χ3v) is 3.73. The van der Waals surface area contributed by atoms with Gasteiger partial charge in [-0.05, 0) is 26.8 Å². The Morgan fingerprint density at radius 2 is 1.27 bits per heavy atom. The molecule has 10 heteroatoms. The first kappa shape index (κ1) is 20.9. The maximum atomic E-state index is 11.9. The Kier molecular flexibility index (Phi) is 10.0. The molecule has 0 aromatic rings. The number of phosphoric acid groups is 1. The molecule has 0 atom stereocenters. The fourth-order valence-electron chi connectivity index (χ4n) is 0.898. The summed E-state index contributed by atoms with van der Waals surface area (Å²) in [6, 6.07) is 0.